The van der Waals surface area contributed by atoms with Gasteiger partial charge in [-0.05, 0) is 25.5 Å². The minimum Gasteiger partial charge on any atom is -0.312 e. The molecule has 0 unspecified atom stereocenters. The third-order valence-electron chi connectivity index (χ3n) is 4.34. The summed E-state index contributed by atoms with van der Waals surface area (Å²) in [5.41, 5.74) is 2.28. The monoisotopic (exact) mass is 311 g/mol. The fourth-order valence-electron chi connectivity index (χ4n) is 3.10. The molecule has 1 aliphatic rings. The van der Waals surface area contributed by atoms with Crippen LogP contribution in [0.5, 0.6) is 0 Å². The highest BCUT2D eigenvalue weighted by Crippen LogP contribution is 2.30. The summed E-state index contributed by atoms with van der Waals surface area (Å²) >= 11 is 0. The van der Waals surface area contributed by atoms with E-state index in [9.17, 15) is 9.59 Å². The van der Waals surface area contributed by atoms with Crippen molar-refractivity contribution in [2.75, 3.05) is 11.4 Å². The smallest absolute Gasteiger partial charge is 0.312 e. The maximum absolute atomic E-state index is 12.2. The Hall–Kier alpha value is -2.83. The highest BCUT2D eigenvalue weighted by atomic mass is 16.2. The fourth-order valence-corrected chi connectivity index (χ4v) is 3.10. The number of rotatable bonds is 1. The number of anilines is 2. The molecule has 1 N–H and O–H groups in total. The number of hydrogen-bond donors (Lipinski definition) is 1. The van der Waals surface area contributed by atoms with Crippen LogP contribution >= 0.6 is 0 Å². The molecule has 0 saturated carbocycles. The number of hydrogen-bond acceptors (Lipinski definition) is 4. The Kier molecular flexibility index (Phi) is 2.90. The molecule has 0 atom stereocenters. The number of H-pyrrole nitrogens is 1. The van der Waals surface area contributed by atoms with Gasteiger partial charge in [0.2, 0.25) is 5.95 Å². The molecule has 118 valence electrons. The lowest BCUT2D eigenvalue weighted by atomic mass is 10.2. The molecule has 23 heavy (non-hydrogen) atoms. The third kappa shape index (κ3) is 2.00. The molecule has 0 amide bonds. The third-order valence-corrected chi connectivity index (χ3v) is 4.34. The number of nitrogens with one attached hydrogen (secondary N) is 1. The van der Waals surface area contributed by atoms with Crippen LogP contribution in [0.4, 0.5) is 11.6 Å². The molecule has 3 heterocycles. The van der Waals surface area contributed by atoms with Crippen LogP contribution in [0.2, 0.25) is 0 Å². The average Bonchev–Trinajstić information content (AvgIpc) is 2.93. The van der Waals surface area contributed by atoms with E-state index in [0.29, 0.717) is 17.1 Å². The highest BCUT2D eigenvalue weighted by molar-refractivity contribution is 5.76. The summed E-state index contributed by atoms with van der Waals surface area (Å²) < 4.78 is 3.28. The first-order valence-electron chi connectivity index (χ1n) is 7.60. The van der Waals surface area contributed by atoms with E-state index in [1.165, 1.54) is 10.1 Å². The molecule has 0 radical (unpaired) electrons. The van der Waals surface area contributed by atoms with Gasteiger partial charge < -0.3 is 9.47 Å². The van der Waals surface area contributed by atoms with Crippen molar-refractivity contribution in [3.8, 4) is 0 Å². The maximum Gasteiger partial charge on any atom is 0.329 e. The number of fused-ring (bicyclic) bond motifs is 3. The Morgan fingerprint density at radius 3 is 2.61 bits per heavy atom. The predicted molar refractivity (Wildman–Crippen MR) is 88.4 cm³/mol. The van der Waals surface area contributed by atoms with E-state index >= 15 is 0 Å². The van der Waals surface area contributed by atoms with Crippen LogP contribution in [0, 0.1) is 6.92 Å². The first kappa shape index (κ1) is 13.8. The Labute approximate surface area is 131 Å². The van der Waals surface area contributed by atoms with Gasteiger partial charge in [0.1, 0.15) is 0 Å². The molecule has 0 spiro atoms. The number of benzene rings is 1. The first-order chi connectivity index (χ1) is 11.1. The second-order valence-electron chi connectivity index (χ2n) is 5.89. The molecular weight excluding hydrogens is 294 g/mol. The van der Waals surface area contributed by atoms with E-state index in [-0.39, 0.29) is 5.56 Å². The molecule has 3 aromatic rings. The van der Waals surface area contributed by atoms with Crippen molar-refractivity contribution in [2.45, 2.75) is 19.9 Å². The van der Waals surface area contributed by atoms with Crippen molar-refractivity contribution >= 4 is 22.8 Å². The lowest BCUT2D eigenvalue weighted by Gasteiger charge is -2.29. The molecule has 0 saturated heterocycles. The van der Waals surface area contributed by atoms with Crippen LogP contribution in [-0.4, -0.2) is 25.6 Å². The largest absolute Gasteiger partial charge is 0.329 e. The van der Waals surface area contributed by atoms with Crippen LogP contribution < -0.4 is 16.1 Å². The summed E-state index contributed by atoms with van der Waals surface area (Å²) in [6.45, 7) is 3.60. The number of nitrogens with zero attached hydrogens (tertiary/aromatic N) is 4. The second-order valence-corrected chi connectivity index (χ2v) is 5.89. The van der Waals surface area contributed by atoms with E-state index in [0.717, 1.165) is 25.2 Å². The molecule has 0 aliphatic carbocycles. The van der Waals surface area contributed by atoms with Crippen LogP contribution in [-0.2, 0) is 13.6 Å². The van der Waals surface area contributed by atoms with Crippen molar-refractivity contribution in [2.24, 2.45) is 7.05 Å². The van der Waals surface area contributed by atoms with Gasteiger partial charge in [0.25, 0.3) is 5.56 Å². The van der Waals surface area contributed by atoms with Gasteiger partial charge >= 0.3 is 5.69 Å². The molecule has 0 fully saturated rings. The van der Waals surface area contributed by atoms with Crippen molar-refractivity contribution in [1.82, 2.24) is 19.1 Å². The van der Waals surface area contributed by atoms with Crippen LogP contribution in [0.1, 0.15) is 12.0 Å². The lowest BCUT2D eigenvalue weighted by molar-refractivity contribution is 0.602. The Bertz CT molecular complexity index is 1010. The number of aryl methyl sites for hydroxylation is 3. The van der Waals surface area contributed by atoms with E-state index < -0.39 is 5.69 Å². The maximum atomic E-state index is 12.2. The van der Waals surface area contributed by atoms with Crippen LogP contribution in [0.15, 0.2) is 33.9 Å². The second kappa shape index (κ2) is 4.84. The molecule has 7 nitrogen and oxygen atoms in total. The minimum absolute atomic E-state index is 0.382. The van der Waals surface area contributed by atoms with Crippen molar-refractivity contribution in [1.29, 1.82) is 0 Å². The quantitative estimate of drug-likeness (QED) is 0.734. The van der Waals surface area contributed by atoms with Gasteiger partial charge in [-0.1, -0.05) is 17.7 Å². The van der Waals surface area contributed by atoms with Gasteiger partial charge in [-0.3, -0.25) is 14.3 Å². The van der Waals surface area contributed by atoms with Gasteiger partial charge in [0.05, 0.1) is 0 Å². The predicted octanol–water partition coefficient (Wildman–Crippen LogP) is 1.27. The number of aromatic nitrogens is 4. The zero-order valence-electron chi connectivity index (χ0n) is 13.0. The van der Waals surface area contributed by atoms with Crippen LogP contribution in [0.25, 0.3) is 11.2 Å². The molecule has 4 rings (SSSR count). The number of imidazole rings is 1. The summed E-state index contributed by atoms with van der Waals surface area (Å²) in [7, 11) is 1.62. The lowest BCUT2D eigenvalue weighted by Crippen LogP contribution is -2.31. The molecule has 1 aliphatic heterocycles. The van der Waals surface area contributed by atoms with Gasteiger partial charge in [-0.15, -0.1) is 0 Å². The zero-order valence-corrected chi connectivity index (χ0v) is 13.0. The zero-order chi connectivity index (χ0) is 16.1. The van der Waals surface area contributed by atoms with Gasteiger partial charge in [0, 0.05) is 25.8 Å². The summed E-state index contributed by atoms with van der Waals surface area (Å²) in [6.07, 6.45) is 0.911. The summed E-state index contributed by atoms with van der Waals surface area (Å²) in [4.78, 5) is 33.1. The summed E-state index contributed by atoms with van der Waals surface area (Å²) in [5.74, 6) is 0.710. The van der Waals surface area contributed by atoms with E-state index in [2.05, 4.69) is 27.0 Å². The normalized spacial score (nSPS) is 14.3. The topological polar surface area (TPSA) is 75.9 Å². The van der Waals surface area contributed by atoms with Crippen molar-refractivity contribution in [3.05, 3.63) is 50.7 Å². The molecule has 0 bridgehead atoms. The average molecular weight is 311 g/mol. The SMILES string of the molecule is Cc1ccc(N2CCCn3c2nc2c3c(=O)[nH]c(=O)n2C)cc1. The van der Waals surface area contributed by atoms with Gasteiger partial charge in [-0.25, -0.2) is 4.79 Å². The standard InChI is InChI=1S/C16H17N5O2/c1-10-4-6-11(7-5-10)20-8-3-9-21-12-13(17-15(20)21)19(2)16(23)18-14(12)22/h4-7H,3,8-9H2,1-2H3,(H,18,22,23). The molecule has 7 heteroatoms. The Morgan fingerprint density at radius 1 is 1.13 bits per heavy atom. The summed E-state index contributed by atoms with van der Waals surface area (Å²) in [6, 6.07) is 8.21. The first-order valence-corrected chi connectivity index (χ1v) is 7.60. The van der Waals surface area contributed by atoms with Crippen molar-refractivity contribution in [3.63, 3.8) is 0 Å². The fraction of sp³-hybridized carbons (Fsp3) is 0.312. The van der Waals surface area contributed by atoms with Gasteiger partial charge in [-0.2, -0.15) is 4.98 Å². The van der Waals surface area contributed by atoms with E-state index in [1.54, 1.807) is 7.05 Å². The highest BCUT2D eigenvalue weighted by Gasteiger charge is 2.25. The Balaban J connectivity index is 1.98. The van der Waals surface area contributed by atoms with Gasteiger partial charge in [0.15, 0.2) is 11.2 Å². The molecular formula is C16H17N5O2. The summed E-state index contributed by atoms with van der Waals surface area (Å²) in [5, 5.41) is 0. The van der Waals surface area contributed by atoms with Crippen LogP contribution in [0.3, 0.4) is 0 Å². The molecule has 2 aromatic heterocycles. The number of aromatic amines is 1. The van der Waals surface area contributed by atoms with E-state index in [1.807, 2.05) is 23.6 Å². The van der Waals surface area contributed by atoms with E-state index in [4.69, 9.17) is 0 Å². The van der Waals surface area contributed by atoms with Crippen molar-refractivity contribution < 1.29 is 0 Å². The molecule has 1 aromatic carbocycles. The Morgan fingerprint density at radius 2 is 1.87 bits per heavy atom. The minimum atomic E-state index is -0.445.